The Morgan fingerprint density at radius 2 is 1.94 bits per heavy atom. The molecule has 0 radical (unpaired) electrons. The largest absolute Gasteiger partial charge is 0.366 e. The zero-order chi connectivity index (χ0) is 12.1. The standard InChI is InChI=1S/C14H22O2/c1-9(8-10(2)15)12-13(3,4)7-6-11-14(12,5)16-11/h8,11-12H,6-7H2,1-5H3/b9-8-/t11-,12+,14-/m0/s1. The van der Waals surface area contributed by atoms with Crippen LogP contribution in [0.25, 0.3) is 0 Å². The maximum absolute atomic E-state index is 11.2. The van der Waals surface area contributed by atoms with Gasteiger partial charge in [-0.25, -0.2) is 0 Å². The molecule has 2 aliphatic rings. The molecule has 3 atom stereocenters. The fourth-order valence-electron chi connectivity index (χ4n) is 3.77. The molecule has 0 unspecified atom stereocenters. The van der Waals surface area contributed by atoms with Crippen molar-refractivity contribution in [2.75, 3.05) is 0 Å². The minimum Gasteiger partial charge on any atom is -0.366 e. The summed E-state index contributed by atoms with van der Waals surface area (Å²) in [7, 11) is 0. The van der Waals surface area contributed by atoms with E-state index < -0.39 is 0 Å². The average molecular weight is 222 g/mol. The van der Waals surface area contributed by atoms with E-state index in [-0.39, 0.29) is 16.8 Å². The molecule has 2 rings (SSSR count). The Hall–Kier alpha value is -0.630. The molecule has 2 heteroatoms. The predicted molar refractivity (Wildman–Crippen MR) is 64.2 cm³/mol. The monoisotopic (exact) mass is 222 g/mol. The lowest BCUT2D eigenvalue weighted by Crippen LogP contribution is -2.41. The molecule has 0 aromatic carbocycles. The number of ketones is 1. The molecule has 2 nitrogen and oxygen atoms in total. The lowest BCUT2D eigenvalue weighted by atomic mass is 9.61. The molecule has 0 N–H and O–H groups in total. The van der Waals surface area contributed by atoms with Crippen molar-refractivity contribution >= 4 is 5.78 Å². The van der Waals surface area contributed by atoms with Gasteiger partial charge < -0.3 is 4.74 Å². The van der Waals surface area contributed by atoms with Crippen LogP contribution in [0.4, 0.5) is 0 Å². The second-order valence-corrected chi connectivity index (χ2v) is 6.25. The molecule has 0 aromatic rings. The maximum Gasteiger partial charge on any atom is 0.152 e. The molecule has 1 aliphatic carbocycles. The highest BCUT2D eigenvalue weighted by molar-refractivity contribution is 5.88. The van der Waals surface area contributed by atoms with Crippen molar-refractivity contribution in [1.29, 1.82) is 0 Å². The zero-order valence-corrected chi connectivity index (χ0v) is 11.0. The van der Waals surface area contributed by atoms with Crippen molar-refractivity contribution in [2.45, 2.75) is 59.2 Å². The van der Waals surface area contributed by atoms with Gasteiger partial charge in [0.15, 0.2) is 5.78 Å². The van der Waals surface area contributed by atoms with Gasteiger partial charge in [0.05, 0.1) is 11.7 Å². The summed E-state index contributed by atoms with van der Waals surface area (Å²) in [6.07, 6.45) is 4.54. The number of carbonyl (C=O) groups excluding carboxylic acids is 1. The first-order valence-corrected chi connectivity index (χ1v) is 6.14. The van der Waals surface area contributed by atoms with Gasteiger partial charge in [0, 0.05) is 5.92 Å². The number of fused-ring (bicyclic) bond motifs is 1. The van der Waals surface area contributed by atoms with Crippen molar-refractivity contribution in [3.05, 3.63) is 11.6 Å². The summed E-state index contributed by atoms with van der Waals surface area (Å²) in [6.45, 7) is 10.5. The van der Waals surface area contributed by atoms with Crippen LogP contribution in [0.2, 0.25) is 0 Å². The number of hydrogen-bond donors (Lipinski definition) is 0. The first-order chi connectivity index (χ1) is 7.27. The third-order valence-electron chi connectivity index (χ3n) is 4.27. The summed E-state index contributed by atoms with van der Waals surface area (Å²) >= 11 is 0. The topological polar surface area (TPSA) is 29.6 Å². The Morgan fingerprint density at radius 3 is 2.50 bits per heavy atom. The molecular formula is C14H22O2. The number of epoxide rings is 1. The van der Waals surface area contributed by atoms with E-state index in [0.717, 1.165) is 6.42 Å². The first-order valence-electron chi connectivity index (χ1n) is 6.14. The summed E-state index contributed by atoms with van der Waals surface area (Å²) in [5.74, 6) is 0.516. The van der Waals surface area contributed by atoms with Crippen LogP contribution in [0.3, 0.4) is 0 Å². The van der Waals surface area contributed by atoms with Crippen molar-refractivity contribution in [1.82, 2.24) is 0 Å². The third-order valence-corrected chi connectivity index (χ3v) is 4.27. The van der Waals surface area contributed by atoms with Gasteiger partial charge in [-0.15, -0.1) is 0 Å². The van der Waals surface area contributed by atoms with E-state index in [9.17, 15) is 4.79 Å². The molecule has 1 saturated heterocycles. The molecule has 0 bridgehead atoms. The molecule has 0 amide bonds. The van der Waals surface area contributed by atoms with Gasteiger partial charge in [0.1, 0.15) is 0 Å². The summed E-state index contributed by atoms with van der Waals surface area (Å²) in [5.41, 5.74) is 1.40. The SMILES string of the molecule is CC(=O)/C=C(/C)[C@@H]1C(C)(C)CC[C@@H]2O[C@@]21C. The smallest absolute Gasteiger partial charge is 0.152 e. The van der Waals surface area contributed by atoms with Crippen LogP contribution in [0.1, 0.15) is 47.5 Å². The van der Waals surface area contributed by atoms with Crippen molar-refractivity contribution in [3.63, 3.8) is 0 Å². The third kappa shape index (κ3) is 1.73. The van der Waals surface area contributed by atoms with E-state index in [0.29, 0.717) is 12.0 Å². The van der Waals surface area contributed by atoms with Crippen molar-refractivity contribution in [2.24, 2.45) is 11.3 Å². The molecule has 90 valence electrons. The highest BCUT2D eigenvalue weighted by Gasteiger charge is 2.64. The van der Waals surface area contributed by atoms with Crippen LogP contribution in [-0.4, -0.2) is 17.5 Å². The number of carbonyl (C=O) groups is 1. The van der Waals surface area contributed by atoms with Crippen LogP contribution in [-0.2, 0) is 9.53 Å². The van der Waals surface area contributed by atoms with Crippen molar-refractivity contribution < 1.29 is 9.53 Å². The van der Waals surface area contributed by atoms with Gasteiger partial charge in [-0.05, 0) is 45.1 Å². The molecular weight excluding hydrogens is 200 g/mol. The van der Waals surface area contributed by atoms with Gasteiger partial charge in [0.25, 0.3) is 0 Å². The number of allylic oxidation sites excluding steroid dienone is 1. The minimum atomic E-state index is -0.0161. The lowest BCUT2D eigenvalue weighted by molar-refractivity contribution is -0.112. The van der Waals surface area contributed by atoms with Gasteiger partial charge in [-0.2, -0.15) is 0 Å². The Labute approximate surface area is 98.1 Å². The Bertz CT molecular complexity index is 349. The van der Waals surface area contributed by atoms with Crippen LogP contribution >= 0.6 is 0 Å². The van der Waals surface area contributed by atoms with Gasteiger partial charge in [-0.3, -0.25) is 4.79 Å². The lowest BCUT2D eigenvalue weighted by Gasteiger charge is -2.41. The molecule has 16 heavy (non-hydrogen) atoms. The van der Waals surface area contributed by atoms with E-state index >= 15 is 0 Å². The second kappa shape index (κ2) is 3.43. The average Bonchev–Trinajstić information content (AvgIpc) is 2.72. The van der Waals surface area contributed by atoms with Gasteiger partial charge in [0.2, 0.25) is 0 Å². The van der Waals surface area contributed by atoms with E-state index in [1.54, 1.807) is 13.0 Å². The highest BCUT2D eigenvalue weighted by Crippen LogP contribution is 2.60. The highest BCUT2D eigenvalue weighted by atomic mass is 16.6. The maximum atomic E-state index is 11.2. The van der Waals surface area contributed by atoms with E-state index in [4.69, 9.17) is 4.74 Å². The zero-order valence-electron chi connectivity index (χ0n) is 11.0. The number of ether oxygens (including phenoxy) is 1. The molecule has 1 saturated carbocycles. The summed E-state index contributed by atoms with van der Waals surface area (Å²) in [4.78, 5) is 11.2. The van der Waals surface area contributed by atoms with Crippen LogP contribution < -0.4 is 0 Å². The van der Waals surface area contributed by atoms with Gasteiger partial charge in [-0.1, -0.05) is 19.4 Å². The molecule has 0 aromatic heterocycles. The summed E-state index contributed by atoms with van der Waals surface area (Å²) in [5, 5.41) is 0. The quantitative estimate of drug-likeness (QED) is 0.530. The fraction of sp³-hybridized carbons (Fsp3) is 0.786. The first kappa shape index (κ1) is 11.8. The predicted octanol–water partition coefficient (Wildman–Crippen LogP) is 3.12. The Balaban J connectivity index is 2.32. The van der Waals surface area contributed by atoms with E-state index in [1.165, 1.54) is 12.0 Å². The van der Waals surface area contributed by atoms with Crippen LogP contribution in [0, 0.1) is 11.3 Å². The second-order valence-electron chi connectivity index (χ2n) is 6.25. The van der Waals surface area contributed by atoms with Crippen LogP contribution in [0.15, 0.2) is 11.6 Å². The van der Waals surface area contributed by atoms with E-state index in [2.05, 4.69) is 27.7 Å². The Morgan fingerprint density at radius 1 is 1.31 bits per heavy atom. The minimum absolute atomic E-state index is 0.0161. The van der Waals surface area contributed by atoms with E-state index in [1.807, 2.05) is 0 Å². The Kier molecular flexibility index (Phi) is 2.54. The summed E-state index contributed by atoms with van der Waals surface area (Å²) < 4.78 is 5.86. The van der Waals surface area contributed by atoms with Gasteiger partial charge >= 0.3 is 0 Å². The number of rotatable bonds is 2. The summed E-state index contributed by atoms with van der Waals surface area (Å²) in [6, 6.07) is 0. The molecule has 0 spiro atoms. The normalized spacial score (nSPS) is 41.4. The molecule has 2 fully saturated rings. The molecule has 1 heterocycles. The van der Waals surface area contributed by atoms with Crippen molar-refractivity contribution in [3.8, 4) is 0 Å². The number of hydrogen-bond acceptors (Lipinski definition) is 2. The van der Waals surface area contributed by atoms with Crippen LogP contribution in [0.5, 0.6) is 0 Å². The molecule has 1 aliphatic heterocycles. The fourth-order valence-corrected chi connectivity index (χ4v) is 3.77.